The fourth-order valence-corrected chi connectivity index (χ4v) is 0.370. The molecule has 0 aromatic carbocycles. The summed E-state index contributed by atoms with van der Waals surface area (Å²) in [6.07, 6.45) is 0. The second-order valence-electron chi connectivity index (χ2n) is 3.95. The summed E-state index contributed by atoms with van der Waals surface area (Å²) < 4.78 is 0. The summed E-state index contributed by atoms with van der Waals surface area (Å²) >= 11 is 0. The molecule has 0 fully saturated rings. The molecule has 0 saturated carbocycles. The van der Waals surface area contributed by atoms with Crippen LogP contribution in [0.3, 0.4) is 0 Å². The standard InChI is InChI=1S/C5H12N2O.C4H8/c1-5(2,3)7-4(6)8;1-4(2)3/h1-3H3,(H3,6,7,8);1H2,2-3H3. The third kappa shape index (κ3) is 36.0. The van der Waals surface area contributed by atoms with E-state index in [1.807, 2.05) is 34.6 Å². The van der Waals surface area contributed by atoms with Crippen LogP contribution in [0, 0.1) is 0 Å². The smallest absolute Gasteiger partial charge is 0.312 e. The number of hydrogen-bond acceptors (Lipinski definition) is 1. The molecule has 0 aliphatic carbocycles. The second-order valence-corrected chi connectivity index (χ2v) is 3.95. The topological polar surface area (TPSA) is 55.1 Å². The van der Waals surface area contributed by atoms with Crippen LogP contribution < -0.4 is 11.1 Å². The van der Waals surface area contributed by atoms with Gasteiger partial charge in [-0.1, -0.05) is 5.57 Å². The van der Waals surface area contributed by atoms with E-state index in [2.05, 4.69) is 11.9 Å². The third-order valence-corrected chi connectivity index (χ3v) is 0.498. The second kappa shape index (κ2) is 5.63. The molecule has 0 atom stereocenters. The number of amides is 2. The lowest BCUT2D eigenvalue weighted by atomic mass is 10.1. The summed E-state index contributed by atoms with van der Waals surface area (Å²) in [7, 11) is 0. The Morgan fingerprint density at radius 2 is 1.58 bits per heavy atom. The molecular weight excluding hydrogens is 152 g/mol. The van der Waals surface area contributed by atoms with Gasteiger partial charge in [0.1, 0.15) is 0 Å². The van der Waals surface area contributed by atoms with Gasteiger partial charge in [0.05, 0.1) is 0 Å². The molecule has 2 amide bonds. The summed E-state index contributed by atoms with van der Waals surface area (Å²) in [5, 5.41) is 2.52. The number of rotatable bonds is 0. The molecule has 0 rings (SSSR count). The van der Waals surface area contributed by atoms with E-state index in [1.165, 1.54) is 5.57 Å². The minimum absolute atomic E-state index is 0.203. The molecule has 0 unspecified atom stereocenters. The van der Waals surface area contributed by atoms with Crippen molar-refractivity contribution < 1.29 is 4.79 Å². The summed E-state index contributed by atoms with van der Waals surface area (Å²) in [5.74, 6) is 0. The number of nitrogens with one attached hydrogen (secondary N) is 1. The Labute approximate surface area is 75.0 Å². The summed E-state index contributed by atoms with van der Waals surface area (Å²) in [6.45, 7) is 13.1. The molecule has 3 nitrogen and oxygen atoms in total. The highest BCUT2D eigenvalue weighted by molar-refractivity contribution is 5.72. The number of nitrogens with two attached hydrogens (primary N) is 1. The monoisotopic (exact) mass is 172 g/mol. The zero-order valence-corrected chi connectivity index (χ0v) is 8.69. The van der Waals surface area contributed by atoms with Crippen LogP contribution in [0.5, 0.6) is 0 Å². The van der Waals surface area contributed by atoms with Crippen molar-refractivity contribution >= 4 is 6.03 Å². The van der Waals surface area contributed by atoms with Gasteiger partial charge in [0.25, 0.3) is 0 Å². The molecule has 0 heterocycles. The molecule has 0 spiro atoms. The quantitative estimate of drug-likeness (QED) is 0.540. The molecular formula is C9H20N2O. The van der Waals surface area contributed by atoms with Crippen molar-refractivity contribution in [2.45, 2.75) is 40.2 Å². The number of urea groups is 1. The minimum atomic E-state index is -0.475. The Balaban J connectivity index is 0. The first-order valence-corrected chi connectivity index (χ1v) is 3.85. The summed E-state index contributed by atoms with van der Waals surface area (Å²) in [6, 6.07) is -0.475. The summed E-state index contributed by atoms with van der Waals surface area (Å²) in [5.41, 5.74) is 5.79. The van der Waals surface area contributed by atoms with Crippen LogP contribution in [0.1, 0.15) is 34.6 Å². The summed E-state index contributed by atoms with van der Waals surface area (Å²) in [4.78, 5) is 10.1. The lowest BCUT2D eigenvalue weighted by molar-refractivity contribution is 0.240. The molecule has 72 valence electrons. The molecule has 0 aromatic rings. The van der Waals surface area contributed by atoms with Crippen molar-refractivity contribution in [1.82, 2.24) is 5.32 Å². The maximum atomic E-state index is 10.1. The van der Waals surface area contributed by atoms with Gasteiger partial charge >= 0.3 is 6.03 Å². The van der Waals surface area contributed by atoms with Gasteiger partial charge < -0.3 is 11.1 Å². The maximum Gasteiger partial charge on any atom is 0.312 e. The van der Waals surface area contributed by atoms with Crippen LogP contribution in [-0.2, 0) is 0 Å². The Kier molecular flexibility index (Phi) is 6.38. The number of carbonyl (C=O) groups is 1. The highest BCUT2D eigenvalue weighted by Gasteiger charge is 2.09. The normalized spacial score (nSPS) is 9.42. The van der Waals surface area contributed by atoms with E-state index < -0.39 is 6.03 Å². The van der Waals surface area contributed by atoms with E-state index in [0.29, 0.717) is 0 Å². The first kappa shape index (κ1) is 13.6. The van der Waals surface area contributed by atoms with Crippen LogP contribution >= 0.6 is 0 Å². The predicted molar refractivity (Wildman–Crippen MR) is 53.0 cm³/mol. The van der Waals surface area contributed by atoms with E-state index in [1.54, 1.807) is 0 Å². The van der Waals surface area contributed by atoms with Gasteiger partial charge in [0, 0.05) is 5.54 Å². The lowest BCUT2D eigenvalue weighted by Gasteiger charge is -2.17. The molecule has 0 aliphatic heterocycles. The molecule has 3 heteroatoms. The van der Waals surface area contributed by atoms with Gasteiger partial charge in [-0.15, -0.1) is 6.58 Å². The zero-order chi connectivity index (χ0) is 10.4. The predicted octanol–water partition coefficient (Wildman–Crippen LogP) is 2.04. The van der Waals surface area contributed by atoms with Crippen LogP contribution in [0.2, 0.25) is 0 Å². The van der Waals surface area contributed by atoms with Crippen LogP contribution in [0.15, 0.2) is 12.2 Å². The van der Waals surface area contributed by atoms with Crippen molar-refractivity contribution in [3.8, 4) is 0 Å². The van der Waals surface area contributed by atoms with E-state index in [-0.39, 0.29) is 5.54 Å². The van der Waals surface area contributed by atoms with Crippen molar-refractivity contribution in [2.75, 3.05) is 0 Å². The Morgan fingerprint density at radius 1 is 1.33 bits per heavy atom. The number of primary amides is 1. The average Bonchev–Trinajstić information content (AvgIpc) is 1.52. The number of allylic oxidation sites excluding steroid dienone is 1. The fourth-order valence-electron chi connectivity index (χ4n) is 0.370. The largest absolute Gasteiger partial charge is 0.352 e. The maximum absolute atomic E-state index is 10.1. The Bertz CT molecular complexity index is 152. The van der Waals surface area contributed by atoms with Crippen LogP contribution in [0.25, 0.3) is 0 Å². The van der Waals surface area contributed by atoms with Crippen molar-refractivity contribution in [3.05, 3.63) is 12.2 Å². The fraction of sp³-hybridized carbons (Fsp3) is 0.667. The molecule has 0 bridgehead atoms. The first-order valence-electron chi connectivity index (χ1n) is 3.85. The highest BCUT2D eigenvalue weighted by Crippen LogP contribution is 1.95. The Morgan fingerprint density at radius 3 is 1.58 bits per heavy atom. The van der Waals surface area contributed by atoms with Gasteiger partial charge in [-0.25, -0.2) is 4.79 Å². The van der Waals surface area contributed by atoms with E-state index in [4.69, 9.17) is 5.73 Å². The van der Waals surface area contributed by atoms with Gasteiger partial charge in [0.2, 0.25) is 0 Å². The van der Waals surface area contributed by atoms with Gasteiger partial charge in [-0.2, -0.15) is 0 Å². The molecule has 0 aromatic heterocycles. The SMILES string of the molecule is C=C(C)C.CC(C)(C)NC(N)=O. The average molecular weight is 172 g/mol. The zero-order valence-electron chi connectivity index (χ0n) is 8.69. The highest BCUT2D eigenvalue weighted by atomic mass is 16.2. The minimum Gasteiger partial charge on any atom is -0.352 e. The molecule has 12 heavy (non-hydrogen) atoms. The van der Waals surface area contributed by atoms with Crippen molar-refractivity contribution in [3.63, 3.8) is 0 Å². The number of carbonyl (C=O) groups excluding carboxylic acids is 1. The molecule has 3 N–H and O–H groups in total. The van der Waals surface area contributed by atoms with Crippen LogP contribution in [0.4, 0.5) is 4.79 Å². The van der Waals surface area contributed by atoms with Gasteiger partial charge in [-0.05, 0) is 34.6 Å². The third-order valence-electron chi connectivity index (χ3n) is 0.498. The molecule has 0 radical (unpaired) electrons. The van der Waals surface area contributed by atoms with E-state index in [0.717, 1.165) is 0 Å². The van der Waals surface area contributed by atoms with Gasteiger partial charge in [-0.3, -0.25) is 0 Å². The van der Waals surface area contributed by atoms with E-state index >= 15 is 0 Å². The van der Waals surface area contributed by atoms with Gasteiger partial charge in [0.15, 0.2) is 0 Å². The molecule has 0 saturated heterocycles. The lowest BCUT2D eigenvalue weighted by Crippen LogP contribution is -2.43. The van der Waals surface area contributed by atoms with Crippen LogP contribution in [-0.4, -0.2) is 11.6 Å². The first-order chi connectivity index (χ1) is 5.15. The van der Waals surface area contributed by atoms with Crippen molar-refractivity contribution in [2.24, 2.45) is 5.73 Å². The number of hydrogen-bond donors (Lipinski definition) is 2. The molecule has 0 aliphatic rings. The Hall–Kier alpha value is -0.990. The van der Waals surface area contributed by atoms with E-state index in [9.17, 15) is 4.79 Å². The van der Waals surface area contributed by atoms with Crippen molar-refractivity contribution in [1.29, 1.82) is 0 Å².